The number of hydrogen-bond acceptors (Lipinski definition) is 6. The molecule has 0 radical (unpaired) electrons. The molecule has 1 N–H and O–H groups in total. The average Bonchev–Trinajstić information content (AvgIpc) is 3.23. The van der Waals surface area contributed by atoms with Gasteiger partial charge in [0.1, 0.15) is 12.4 Å². The first-order valence-electron chi connectivity index (χ1n) is 7.49. The monoisotopic (exact) mass is 428 g/mol. The van der Waals surface area contributed by atoms with Crippen LogP contribution in [0.4, 0.5) is 0 Å². The van der Waals surface area contributed by atoms with Crippen LogP contribution >= 0.6 is 11.6 Å². The second kappa shape index (κ2) is 12.5. The number of aromatic amines is 1. The van der Waals surface area contributed by atoms with Crippen molar-refractivity contribution in [2.45, 2.75) is 0 Å². The van der Waals surface area contributed by atoms with Gasteiger partial charge in [-0.2, -0.15) is 10.2 Å². The molecule has 0 saturated heterocycles. The largest absolute Gasteiger partial charge is 2.00 e. The Bertz CT molecular complexity index is 823. The van der Waals surface area contributed by atoms with Gasteiger partial charge < -0.3 is 19.9 Å². The summed E-state index contributed by atoms with van der Waals surface area (Å²) >= 11 is 5.73. The van der Waals surface area contributed by atoms with Gasteiger partial charge in [-0.25, -0.2) is 4.98 Å². The van der Waals surface area contributed by atoms with Gasteiger partial charge in [0.15, 0.2) is 0 Å². The minimum absolute atomic E-state index is 0. The molecule has 0 spiro atoms. The molecule has 1 heterocycles. The molecule has 0 unspecified atom stereocenters. The van der Waals surface area contributed by atoms with Crippen LogP contribution in [0.2, 0.25) is 5.02 Å². The molecule has 0 fully saturated rings. The zero-order valence-electron chi connectivity index (χ0n) is 13.9. The Morgan fingerprint density at radius 1 is 1.19 bits per heavy atom. The van der Waals surface area contributed by atoms with E-state index < -0.39 is 5.90 Å². The van der Waals surface area contributed by atoms with Crippen LogP contribution in [-0.4, -0.2) is 28.7 Å². The molecular formula is C18H15ClN4NiO3. The van der Waals surface area contributed by atoms with E-state index in [2.05, 4.69) is 20.2 Å². The molecule has 3 rings (SSSR count). The van der Waals surface area contributed by atoms with Gasteiger partial charge in [-0.15, -0.1) is 0 Å². The number of aromatic nitrogens is 2. The second-order valence-electron chi connectivity index (χ2n) is 4.78. The topological polar surface area (TPSA) is 109 Å². The molecule has 0 aliphatic carbocycles. The molecule has 0 aliphatic rings. The fourth-order valence-corrected chi connectivity index (χ4v) is 1.79. The molecule has 0 saturated carbocycles. The number of imidazole rings is 1. The number of halogens is 1. The van der Waals surface area contributed by atoms with E-state index in [4.69, 9.17) is 16.3 Å². The number of H-pyrrole nitrogens is 1. The van der Waals surface area contributed by atoms with Crippen LogP contribution in [0.3, 0.4) is 0 Å². The predicted molar refractivity (Wildman–Crippen MR) is 96.5 cm³/mol. The van der Waals surface area contributed by atoms with Crippen LogP contribution in [0.15, 0.2) is 77.5 Å². The number of rotatable bonds is 5. The summed E-state index contributed by atoms with van der Waals surface area (Å²) in [6, 6.07) is 12.9. The molecule has 9 heteroatoms. The summed E-state index contributed by atoms with van der Waals surface area (Å²) in [6.07, 6.45) is 6.32. The van der Waals surface area contributed by atoms with Crippen LogP contribution < -0.4 is 14.9 Å². The van der Waals surface area contributed by atoms with Crippen LogP contribution in [0.5, 0.6) is 11.5 Å². The Hall–Kier alpha value is -2.83. The SMILES string of the molecule is [Ni+2].[O-]/C(COc1ccc(Cl)cc1)=N\N=C\c1ccccc1[O-].c1c[nH]cn1. The fourth-order valence-electron chi connectivity index (χ4n) is 1.66. The maximum Gasteiger partial charge on any atom is 2.00 e. The molecular weight excluding hydrogens is 414 g/mol. The third-order valence-corrected chi connectivity index (χ3v) is 3.12. The first kappa shape index (κ1) is 22.2. The molecule has 7 nitrogen and oxygen atoms in total. The van der Waals surface area contributed by atoms with E-state index in [1.165, 1.54) is 12.3 Å². The Morgan fingerprint density at radius 3 is 2.52 bits per heavy atom. The van der Waals surface area contributed by atoms with Crippen molar-refractivity contribution in [3.8, 4) is 11.5 Å². The van der Waals surface area contributed by atoms with Crippen molar-refractivity contribution < 1.29 is 31.4 Å². The van der Waals surface area contributed by atoms with Crippen molar-refractivity contribution in [2.24, 2.45) is 10.2 Å². The van der Waals surface area contributed by atoms with E-state index >= 15 is 0 Å². The van der Waals surface area contributed by atoms with Gasteiger partial charge in [0.05, 0.1) is 12.5 Å². The second-order valence-corrected chi connectivity index (χ2v) is 5.22. The van der Waals surface area contributed by atoms with Crippen molar-refractivity contribution in [1.29, 1.82) is 0 Å². The van der Waals surface area contributed by atoms with E-state index in [0.717, 1.165) is 0 Å². The summed E-state index contributed by atoms with van der Waals surface area (Å²) in [7, 11) is 0. The predicted octanol–water partition coefficient (Wildman–Crippen LogP) is 1.99. The van der Waals surface area contributed by atoms with E-state index in [9.17, 15) is 10.2 Å². The van der Waals surface area contributed by atoms with E-state index in [0.29, 0.717) is 16.3 Å². The molecule has 0 atom stereocenters. The number of para-hydroxylation sites is 1. The summed E-state index contributed by atoms with van der Waals surface area (Å²) in [6.45, 7) is -0.238. The molecule has 0 aliphatic heterocycles. The molecule has 27 heavy (non-hydrogen) atoms. The van der Waals surface area contributed by atoms with Crippen molar-refractivity contribution in [2.75, 3.05) is 6.61 Å². The molecule has 142 valence electrons. The maximum absolute atomic E-state index is 11.4. The van der Waals surface area contributed by atoms with Crippen LogP contribution in [-0.2, 0) is 16.5 Å². The molecule has 0 bridgehead atoms. The third-order valence-electron chi connectivity index (χ3n) is 2.87. The summed E-state index contributed by atoms with van der Waals surface area (Å²) in [5.74, 6) is -0.220. The van der Waals surface area contributed by atoms with Crippen molar-refractivity contribution >= 4 is 23.7 Å². The van der Waals surface area contributed by atoms with Gasteiger partial charge >= 0.3 is 16.5 Å². The Morgan fingerprint density at radius 2 is 1.93 bits per heavy atom. The molecule has 0 amide bonds. The first-order chi connectivity index (χ1) is 12.6. The van der Waals surface area contributed by atoms with Crippen LogP contribution in [0, 0.1) is 0 Å². The number of benzene rings is 2. The zero-order valence-corrected chi connectivity index (χ0v) is 15.6. The van der Waals surface area contributed by atoms with E-state index in [-0.39, 0.29) is 28.8 Å². The van der Waals surface area contributed by atoms with Gasteiger partial charge in [0.25, 0.3) is 0 Å². The third kappa shape index (κ3) is 8.90. The summed E-state index contributed by atoms with van der Waals surface area (Å²) in [5, 5.41) is 30.4. The van der Waals surface area contributed by atoms with E-state index in [1.807, 2.05) is 0 Å². The van der Waals surface area contributed by atoms with Gasteiger partial charge in [0.2, 0.25) is 0 Å². The number of ether oxygens (including phenoxy) is 1. The zero-order chi connectivity index (χ0) is 18.6. The van der Waals surface area contributed by atoms with Gasteiger partial charge in [0, 0.05) is 23.3 Å². The van der Waals surface area contributed by atoms with Crippen molar-refractivity contribution in [3.05, 3.63) is 77.8 Å². The fraction of sp³-hybridized carbons (Fsp3) is 0.0556. The van der Waals surface area contributed by atoms with Crippen molar-refractivity contribution in [1.82, 2.24) is 9.97 Å². The Kier molecular flexibility index (Phi) is 10.3. The smallest absolute Gasteiger partial charge is 0.872 e. The Labute approximate surface area is 171 Å². The molecule has 2 aromatic carbocycles. The number of hydrogen-bond donors (Lipinski definition) is 1. The minimum atomic E-state index is -0.551. The number of nitrogens with one attached hydrogen (secondary N) is 1. The van der Waals surface area contributed by atoms with Gasteiger partial charge in [-0.1, -0.05) is 41.6 Å². The number of nitrogens with zero attached hydrogens (tertiary/aromatic N) is 3. The van der Waals surface area contributed by atoms with Crippen molar-refractivity contribution in [3.63, 3.8) is 0 Å². The minimum Gasteiger partial charge on any atom is -0.872 e. The first-order valence-corrected chi connectivity index (χ1v) is 7.87. The van der Waals surface area contributed by atoms with Crippen LogP contribution in [0.1, 0.15) is 5.56 Å². The normalized spacial score (nSPS) is 10.6. The standard InChI is InChI=1S/C15H13ClN2O3.C3H4N2.Ni/c16-12-5-7-13(8-6-12)21-10-15(20)18-17-9-11-3-1-2-4-14(11)19;1-2-5-3-4-1;/h1-9,19H,10H2,(H,18,20);1-3H,(H,4,5);/q;;+2/p-2/b17-9+;;. The molecule has 3 aromatic rings. The summed E-state index contributed by atoms with van der Waals surface area (Å²) in [5.41, 5.74) is 0.368. The maximum atomic E-state index is 11.4. The average molecular weight is 429 g/mol. The van der Waals surface area contributed by atoms with Crippen LogP contribution in [0.25, 0.3) is 0 Å². The van der Waals surface area contributed by atoms with Gasteiger partial charge in [-0.05, 0) is 29.8 Å². The Balaban J connectivity index is 0.000000526. The molecule has 1 aromatic heterocycles. The van der Waals surface area contributed by atoms with Gasteiger partial charge in [-0.3, -0.25) is 0 Å². The summed E-state index contributed by atoms with van der Waals surface area (Å²) < 4.78 is 5.21. The quantitative estimate of drug-likeness (QED) is 0.290. The van der Waals surface area contributed by atoms with E-state index in [1.54, 1.807) is 61.2 Å². The summed E-state index contributed by atoms with van der Waals surface area (Å²) in [4.78, 5) is 6.42.